The lowest BCUT2D eigenvalue weighted by Crippen LogP contribution is -2.29. The molecule has 0 radical (unpaired) electrons. The van der Waals surface area contributed by atoms with Crippen molar-refractivity contribution in [2.75, 3.05) is 18.5 Å². The number of hydrogen-bond donors (Lipinski definition) is 1. The molecule has 0 bridgehead atoms. The molecule has 1 saturated heterocycles. The van der Waals surface area contributed by atoms with Crippen LogP contribution in [0.5, 0.6) is 0 Å². The molecule has 6 heteroatoms. The topological polar surface area (TPSA) is 75.8 Å². The second-order valence-corrected chi connectivity index (χ2v) is 5.50. The van der Waals surface area contributed by atoms with Crippen LogP contribution < -0.4 is 5.32 Å². The van der Waals surface area contributed by atoms with Gasteiger partial charge in [-0.2, -0.15) is 10.4 Å². The number of pyridine rings is 1. The summed E-state index contributed by atoms with van der Waals surface area (Å²) in [7, 11) is 1.94. The molecular formula is C16H19N5O. The van der Waals surface area contributed by atoms with Crippen molar-refractivity contribution in [1.82, 2.24) is 14.8 Å². The maximum atomic E-state index is 8.91. The lowest BCUT2D eigenvalue weighted by molar-refractivity contribution is -0.0284. The SMILES string of the molecule is Cn1nccc1[C@@H]1OCCC[C@H]1CNc1ccnc(C#N)c1. The molecule has 1 fully saturated rings. The summed E-state index contributed by atoms with van der Waals surface area (Å²) >= 11 is 0. The largest absolute Gasteiger partial charge is 0.385 e. The fraction of sp³-hybridized carbons (Fsp3) is 0.438. The summed E-state index contributed by atoms with van der Waals surface area (Å²) in [5.41, 5.74) is 2.45. The van der Waals surface area contributed by atoms with E-state index in [1.165, 1.54) is 0 Å². The van der Waals surface area contributed by atoms with Gasteiger partial charge in [-0.15, -0.1) is 0 Å². The Hall–Kier alpha value is -2.39. The predicted molar refractivity (Wildman–Crippen MR) is 82.1 cm³/mol. The van der Waals surface area contributed by atoms with E-state index in [0.717, 1.165) is 37.4 Å². The van der Waals surface area contributed by atoms with Crippen LogP contribution in [0.3, 0.4) is 0 Å². The van der Waals surface area contributed by atoms with Crippen molar-refractivity contribution >= 4 is 5.69 Å². The minimum absolute atomic E-state index is 0.0611. The van der Waals surface area contributed by atoms with Gasteiger partial charge >= 0.3 is 0 Å². The number of nitrogens with one attached hydrogen (secondary N) is 1. The normalized spacial score (nSPS) is 21.3. The van der Waals surface area contributed by atoms with Crippen molar-refractivity contribution in [1.29, 1.82) is 5.26 Å². The van der Waals surface area contributed by atoms with E-state index in [2.05, 4.69) is 21.5 Å². The van der Waals surface area contributed by atoms with E-state index in [4.69, 9.17) is 10.00 Å². The van der Waals surface area contributed by atoms with E-state index >= 15 is 0 Å². The predicted octanol–water partition coefficient (Wildman–Crippen LogP) is 2.27. The third-order valence-electron chi connectivity index (χ3n) is 4.04. The third-order valence-corrected chi connectivity index (χ3v) is 4.04. The van der Waals surface area contributed by atoms with Gasteiger partial charge in [-0.3, -0.25) is 4.68 Å². The van der Waals surface area contributed by atoms with Crippen LogP contribution in [0.4, 0.5) is 5.69 Å². The molecule has 0 amide bonds. The van der Waals surface area contributed by atoms with E-state index in [9.17, 15) is 0 Å². The lowest BCUT2D eigenvalue weighted by atomic mass is 9.92. The number of aryl methyl sites for hydroxylation is 1. The Morgan fingerprint density at radius 1 is 1.45 bits per heavy atom. The first-order chi connectivity index (χ1) is 10.8. The van der Waals surface area contributed by atoms with Gasteiger partial charge in [0.2, 0.25) is 0 Å². The Bertz CT molecular complexity index is 675. The molecule has 3 heterocycles. The monoisotopic (exact) mass is 297 g/mol. The molecule has 3 rings (SSSR count). The first kappa shape index (κ1) is 14.5. The first-order valence-corrected chi connectivity index (χ1v) is 7.47. The van der Waals surface area contributed by atoms with Crippen LogP contribution in [0.15, 0.2) is 30.6 Å². The van der Waals surface area contributed by atoms with Gasteiger partial charge in [0, 0.05) is 44.2 Å². The van der Waals surface area contributed by atoms with E-state index in [1.807, 2.05) is 23.9 Å². The Kier molecular flexibility index (Phi) is 4.35. The van der Waals surface area contributed by atoms with Crippen LogP contribution in [-0.4, -0.2) is 27.9 Å². The minimum atomic E-state index is 0.0611. The average molecular weight is 297 g/mol. The number of aromatic nitrogens is 3. The number of rotatable bonds is 4. The number of anilines is 1. The first-order valence-electron chi connectivity index (χ1n) is 7.47. The van der Waals surface area contributed by atoms with E-state index in [1.54, 1.807) is 18.5 Å². The Morgan fingerprint density at radius 2 is 2.36 bits per heavy atom. The van der Waals surface area contributed by atoms with Crippen LogP contribution in [-0.2, 0) is 11.8 Å². The molecular weight excluding hydrogens is 278 g/mol. The van der Waals surface area contributed by atoms with Crippen LogP contribution in [0.1, 0.15) is 30.3 Å². The molecule has 0 aliphatic carbocycles. The van der Waals surface area contributed by atoms with Crippen LogP contribution in [0.2, 0.25) is 0 Å². The number of nitrogens with zero attached hydrogens (tertiary/aromatic N) is 4. The molecule has 6 nitrogen and oxygen atoms in total. The standard InChI is InChI=1S/C16H19N5O/c1-21-15(5-7-20-21)16-12(3-2-8-22-16)11-19-13-4-6-18-14(9-13)10-17/h4-7,9,12,16H,2-3,8,11H2,1H3,(H,18,19)/t12-,16+/m0/s1. The lowest BCUT2D eigenvalue weighted by Gasteiger charge is -2.32. The Morgan fingerprint density at radius 3 is 3.14 bits per heavy atom. The smallest absolute Gasteiger partial charge is 0.142 e. The number of hydrogen-bond acceptors (Lipinski definition) is 5. The van der Waals surface area contributed by atoms with Gasteiger partial charge in [0.05, 0.1) is 5.69 Å². The zero-order valence-electron chi connectivity index (χ0n) is 12.6. The molecule has 0 unspecified atom stereocenters. The van der Waals surface area contributed by atoms with Gasteiger partial charge in [0.25, 0.3) is 0 Å². The highest BCUT2D eigenvalue weighted by Gasteiger charge is 2.29. The van der Waals surface area contributed by atoms with Gasteiger partial charge in [-0.25, -0.2) is 4.98 Å². The third kappa shape index (κ3) is 3.10. The highest BCUT2D eigenvalue weighted by atomic mass is 16.5. The van der Waals surface area contributed by atoms with Crippen LogP contribution in [0, 0.1) is 17.2 Å². The van der Waals surface area contributed by atoms with Gasteiger partial charge in [0.1, 0.15) is 17.9 Å². The zero-order valence-corrected chi connectivity index (χ0v) is 12.6. The minimum Gasteiger partial charge on any atom is -0.385 e. The molecule has 0 saturated carbocycles. The summed E-state index contributed by atoms with van der Waals surface area (Å²) in [4.78, 5) is 3.98. The number of ether oxygens (including phenoxy) is 1. The van der Waals surface area contributed by atoms with E-state index in [0.29, 0.717) is 11.6 Å². The van der Waals surface area contributed by atoms with Crippen molar-refractivity contribution in [3.63, 3.8) is 0 Å². The van der Waals surface area contributed by atoms with E-state index < -0.39 is 0 Å². The molecule has 2 aromatic heterocycles. The fourth-order valence-corrected chi connectivity index (χ4v) is 2.89. The zero-order chi connectivity index (χ0) is 15.4. The molecule has 0 spiro atoms. The summed E-state index contributed by atoms with van der Waals surface area (Å²) in [6.45, 7) is 1.59. The van der Waals surface area contributed by atoms with Crippen LogP contribution >= 0.6 is 0 Å². The van der Waals surface area contributed by atoms with Crippen molar-refractivity contribution in [3.8, 4) is 6.07 Å². The summed E-state index contributed by atoms with van der Waals surface area (Å²) in [5, 5.41) is 16.5. The van der Waals surface area contributed by atoms with Crippen molar-refractivity contribution in [3.05, 3.63) is 42.0 Å². The molecule has 1 aliphatic heterocycles. The summed E-state index contributed by atoms with van der Waals surface area (Å²) in [6, 6.07) is 7.72. The second kappa shape index (κ2) is 6.58. The molecule has 1 aliphatic rings. The van der Waals surface area contributed by atoms with Gasteiger partial charge in [-0.1, -0.05) is 0 Å². The van der Waals surface area contributed by atoms with Crippen LogP contribution in [0.25, 0.3) is 0 Å². The van der Waals surface area contributed by atoms with Gasteiger partial charge in [-0.05, 0) is 31.0 Å². The maximum absolute atomic E-state index is 8.91. The summed E-state index contributed by atoms with van der Waals surface area (Å²) in [5.74, 6) is 0.378. The van der Waals surface area contributed by atoms with E-state index in [-0.39, 0.29) is 6.10 Å². The molecule has 2 aromatic rings. The van der Waals surface area contributed by atoms with Crippen molar-refractivity contribution in [2.45, 2.75) is 18.9 Å². The second-order valence-electron chi connectivity index (χ2n) is 5.50. The Balaban J connectivity index is 1.69. The highest BCUT2D eigenvalue weighted by molar-refractivity contribution is 5.45. The number of nitriles is 1. The fourth-order valence-electron chi connectivity index (χ4n) is 2.89. The average Bonchev–Trinajstić information content (AvgIpc) is 2.99. The van der Waals surface area contributed by atoms with Gasteiger partial charge < -0.3 is 10.1 Å². The van der Waals surface area contributed by atoms with Gasteiger partial charge in [0.15, 0.2) is 0 Å². The molecule has 114 valence electrons. The molecule has 2 atom stereocenters. The maximum Gasteiger partial charge on any atom is 0.142 e. The molecule has 1 N–H and O–H groups in total. The quantitative estimate of drug-likeness (QED) is 0.937. The van der Waals surface area contributed by atoms with Crippen molar-refractivity contribution < 1.29 is 4.74 Å². The molecule has 22 heavy (non-hydrogen) atoms. The molecule has 0 aromatic carbocycles. The van der Waals surface area contributed by atoms with Crippen molar-refractivity contribution in [2.24, 2.45) is 13.0 Å². The Labute approximate surface area is 129 Å². The summed E-state index contributed by atoms with van der Waals surface area (Å²) < 4.78 is 7.86. The summed E-state index contributed by atoms with van der Waals surface area (Å²) in [6.07, 6.45) is 5.70. The highest BCUT2D eigenvalue weighted by Crippen LogP contribution is 2.33.